The van der Waals surface area contributed by atoms with Crippen molar-refractivity contribution in [3.8, 4) is 0 Å². The van der Waals surface area contributed by atoms with Gasteiger partial charge in [0.1, 0.15) is 0 Å². The van der Waals surface area contributed by atoms with E-state index in [0.717, 1.165) is 17.9 Å². The Morgan fingerprint density at radius 1 is 1.21 bits per heavy atom. The van der Waals surface area contributed by atoms with Gasteiger partial charge in [0.05, 0.1) is 0 Å². The molecule has 0 radical (unpaired) electrons. The van der Waals surface area contributed by atoms with Crippen molar-refractivity contribution >= 4 is 0 Å². The molecule has 1 fully saturated rings. The van der Waals surface area contributed by atoms with Crippen LogP contribution in [0.15, 0.2) is 0 Å². The Hall–Kier alpha value is -0.0800. The van der Waals surface area contributed by atoms with E-state index in [1.54, 1.807) is 0 Å². The first kappa shape index (κ1) is 12.0. The second-order valence-electron chi connectivity index (χ2n) is 5.21. The summed E-state index contributed by atoms with van der Waals surface area (Å²) in [5.41, 5.74) is 0. The van der Waals surface area contributed by atoms with Crippen LogP contribution in [0.5, 0.6) is 0 Å². The van der Waals surface area contributed by atoms with E-state index in [1.165, 1.54) is 32.5 Å². The van der Waals surface area contributed by atoms with Crippen molar-refractivity contribution in [1.82, 2.24) is 10.2 Å². The summed E-state index contributed by atoms with van der Waals surface area (Å²) in [5, 5.41) is 3.70. The Morgan fingerprint density at radius 3 is 2.29 bits per heavy atom. The summed E-state index contributed by atoms with van der Waals surface area (Å²) in [6.45, 7) is 10.7. The maximum atomic E-state index is 3.70. The first-order chi connectivity index (χ1) is 6.59. The van der Waals surface area contributed by atoms with Crippen LogP contribution in [0.3, 0.4) is 0 Å². The van der Waals surface area contributed by atoms with Gasteiger partial charge in [-0.2, -0.15) is 0 Å². The monoisotopic (exact) mass is 198 g/mol. The maximum Gasteiger partial charge on any atom is 0.00915 e. The van der Waals surface area contributed by atoms with E-state index >= 15 is 0 Å². The van der Waals surface area contributed by atoms with E-state index < -0.39 is 0 Å². The first-order valence-electron chi connectivity index (χ1n) is 6.01. The van der Waals surface area contributed by atoms with Gasteiger partial charge in [-0.1, -0.05) is 20.8 Å². The molecule has 0 bridgehead atoms. The third-order valence-electron chi connectivity index (χ3n) is 3.59. The number of likely N-dealkylation sites (tertiary alicyclic amines) is 1. The van der Waals surface area contributed by atoms with E-state index in [0.29, 0.717) is 0 Å². The lowest BCUT2D eigenvalue weighted by molar-refractivity contribution is 0.226. The molecule has 1 heterocycles. The average Bonchev–Trinajstić information content (AvgIpc) is 2.16. The molecule has 2 nitrogen and oxygen atoms in total. The highest BCUT2D eigenvalue weighted by Crippen LogP contribution is 2.11. The molecular formula is C12H26N2. The van der Waals surface area contributed by atoms with Crippen LogP contribution < -0.4 is 5.32 Å². The van der Waals surface area contributed by atoms with Gasteiger partial charge < -0.3 is 10.2 Å². The minimum absolute atomic E-state index is 0.771. The van der Waals surface area contributed by atoms with Gasteiger partial charge in [0, 0.05) is 6.04 Å². The molecule has 0 aromatic heterocycles. The molecule has 0 saturated carbocycles. The number of nitrogens with zero attached hydrogens (tertiary/aromatic N) is 1. The normalized spacial score (nSPS) is 22.9. The molecule has 1 atom stereocenters. The Morgan fingerprint density at radius 2 is 1.79 bits per heavy atom. The summed E-state index contributed by atoms with van der Waals surface area (Å²) >= 11 is 0. The van der Waals surface area contributed by atoms with E-state index in [9.17, 15) is 0 Å². The molecule has 0 spiro atoms. The molecule has 2 heteroatoms. The van der Waals surface area contributed by atoms with Crippen molar-refractivity contribution in [2.45, 2.75) is 39.7 Å². The largest absolute Gasteiger partial charge is 0.314 e. The van der Waals surface area contributed by atoms with Gasteiger partial charge in [-0.3, -0.25) is 0 Å². The van der Waals surface area contributed by atoms with Crippen LogP contribution in [0.2, 0.25) is 0 Å². The molecule has 1 aliphatic rings. The fourth-order valence-corrected chi connectivity index (χ4v) is 1.80. The fourth-order valence-electron chi connectivity index (χ4n) is 1.80. The quantitative estimate of drug-likeness (QED) is 0.743. The van der Waals surface area contributed by atoms with Gasteiger partial charge in [-0.05, 0) is 51.4 Å². The molecule has 0 aliphatic carbocycles. The molecule has 0 amide bonds. The van der Waals surface area contributed by atoms with Crippen LogP contribution in [-0.2, 0) is 0 Å². The molecular weight excluding hydrogens is 172 g/mol. The lowest BCUT2D eigenvalue weighted by Gasteiger charge is -2.30. The summed E-state index contributed by atoms with van der Waals surface area (Å²) in [6, 6.07) is 0.771. The highest BCUT2D eigenvalue weighted by atomic mass is 15.1. The van der Waals surface area contributed by atoms with Crippen molar-refractivity contribution in [3.05, 3.63) is 0 Å². The number of piperidine rings is 1. The standard InChI is InChI=1S/C12H26N2/c1-10(2)11(3)9-13-12-5-7-14(4)8-6-12/h10-13H,5-9H2,1-4H3. The van der Waals surface area contributed by atoms with Crippen LogP contribution in [0.4, 0.5) is 0 Å². The molecule has 1 unspecified atom stereocenters. The van der Waals surface area contributed by atoms with Gasteiger partial charge in [-0.15, -0.1) is 0 Å². The van der Waals surface area contributed by atoms with Crippen molar-refractivity contribution < 1.29 is 0 Å². The van der Waals surface area contributed by atoms with Gasteiger partial charge in [-0.25, -0.2) is 0 Å². The molecule has 0 aromatic rings. The topological polar surface area (TPSA) is 15.3 Å². The van der Waals surface area contributed by atoms with Crippen molar-refractivity contribution in [1.29, 1.82) is 0 Å². The van der Waals surface area contributed by atoms with E-state index in [-0.39, 0.29) is 0 Å². The molecule has 1 saturated heterocycles. The molecule has 14 heavy (non-hydrogen) atoms. The summed E-state index contributed by atoms with van der Waals surface area (Å²) in [5.74, 6) is 1.60. The molecule has 84 valence electrons. The van der Waals surface area contributed by atoms with E-state index in [4.69, 9.17) is 0 Å². The molecule has 1 aliphatic heterocycles. The summed E-state index contributed by atoms with van der Waals surface area (Å²) in [7, 11) is 2.22. The van der Waals surface area contributed by atoms with Crippen LogP contribution in [0, 0.1) is 11.8 Å². The number of nitrogens with one attached hydrogen (secondary N) is 1. The Bertz CT molecular complexity index is 148. The molecule has 0 aromatic carbocycles. The van der Waals surface area contributed by atoms with Crippen molar-refractivity contribution in [2.24, 2.45) is 11.8 Å². The minimum Gasteiger partial charge on any atom is -0.314 e. The smallest absolute Gasteiger partial charge is 0.00915 e. The predicted octanol–water partition coefficient (Wildman–Crippen LogP) is 1.96. The third kappa shape index (κ3) is 3.97. The van der Waals surface area contributed by atoms with Gasteiger partial charge >= 0.3 is 0 Å². The SMILES string of the molecule is CC(C)C(C)CNC1CCN(C)CC1. The molecule has 1 N–H and O–H groups in total. The lowest BCUT2D eigenvalue weighted by Crippen LogP contribution is -2.42. The maximum absolute atomic E-state index is 3.70. The zero-order valence-electron chi connectivity index (χ0n) is 10.2. The van der Waals surface area contributed by atoms with Gasteiger partial charge in [0.15, 0.2) is 0 Å². The predicted molar refractivity (Wildman–Crippen MR) is 62.5 cm³/mol. The average molecular weight is 198 g/mol. The number of rotatable bonds is 4. The number of hydrogen-bond donors (Lipinski definition) is 1. The second-order valence-corrected chi connectivity index (χ2v) is 5.21. The van der Waals surface area contributed by atoms with Crippen molar-refractivity contribution in [3.63, 3.8) is 0 Å². The Balaban J connectivity index is 2.13. The van der Waals surface area contributed by atoms with Crippen LogP contribution in [0.1, 0.15) is 33.6 Å². The lowest BCUT2D eigenvalue weighted by atomic mass is 9.97. The van der Waals surface area contributed by atoms with Gasteiger partial charge in [0.2, 0.25) is 0 Å². The summed E-state index contributed by atoms with van der Waals surface area (Å²) < 4.78 is 0. The highest BCUT2D eigenvalue weighted by Gasteiger charge is 2.17. The number of hydrogen-bond acceptors (Lipinski definition) is 2. The second kappa shape index (κ2) is 5.72. The zero-order valence-corrected chi connectivity index (χ0v) is 10.2. The van der Waals surface area contributed by atoms with E-state index in [2.05, 4.69) is 38.0 Å². The Labute approximate surface area is 89.1 Å². The van der Waals surface area contributed by atoms with Crippen LogP contribution in [-0.4, -0.2) is 37.6 Å². The van der Waals surface area contributed by atoms with E-state index in [1.807, 2.05) is 0 Å². The first-order valence-corrected chi connectivity index (χ1v) is 6.01. The summed E-state index contributed by atoms with van der Waals surface area (Å²) in [4.78, 5) is 2.42. The van der Waals surface area contributed by atoms with Gasteiger partial charge in [0.25, 0.3) is 0 Å². The zero-order chi connectivity index (χ0) is 10.6. The Kier molecular flexibility index (Phi) is 4.90. The van der Waals surface area contributed by atoms with Crippen LogP contribution >= 0.6 is 0 Å². The van der Waals surface area contributed by atoms with Crippen molar-refractivity contribution in [2.75, 3.05) is 26.7 Å². The fraction of sp³-hybridized carbons (Fsp3) is 1.00. The summed E-state index contributed by atoms with van der Waals surface area (Å²) in [6.07, 6.45) is 2.64. The minimum atomic E-state index is 0.771. The third-order valence-corrected chi connectivity index (χ3v) is 3.59. The molecule has 1 rings (SSSR count). The highest BCUT2D eigenvalue weighted by molar-refractivity contribution is 4.76. The van der Waals surface area contributed by atoms with Crippen LogP contribution in [0.25, 0.3) is 0 Å².